The van der Waals surface area contributed by atoms with E-state index in [0.717, 1.165) is 0 Å². The van der Waals surface area contributed by atoms with Crippen LogP contribution in [0.1, 0.15) is 27.6 Å². The van der Waals surface area contributed by atoms with E-state index < -0.39 is 11.8 Å². The van der Waals surface area contributed by atoms with E-state index in [4.69, 9.17) is 11.6 Å². The average Bonchev–Trinajstić information content (AvgIpc) is 2.69. The van der Waals surface area contributed by atoms with Gasteiger partial charge in [-0.2, -0.15) is 0 Å². The molecule has 1 heterocycles. The van der Waals surface area contributed by atoms with E-state index in [1.807, 2.05) is 0 Å². The molecule has 0 bridgehead atoms. The van der Waals surface area contributed by atoms with Crippen molar-refractivity contribution in [1.29, 1.82) is 0 Å². The molecule has 0 saturated heterocycles. The van der Waals surface area contributed by atoms with Gasteiger partial charge in [0.15, 0.2) is 0 Å². The van der Waals surface area contributed by atoms with Gasteiger partial charge >= 0.3 is 0 Å². The summed E-state index contributed by atoms with van der Waals surface area (Å²) in [6.07, 6.45) is 0. The number of carbonyl (C=O) groups is 3. The number of imide groups is 1. The fourth-order valence-electron chi connectivity index (χ4n) is 2.38. The number of carbonyl (C=O) groups excluding carboxylic acids is 3. The monoisotopic (exact) mass is 288 g/mol. The van der Waals surface area contributed by atoms with Crippen LogP contribution in [0.25, 0.3) is 10.8 Å². The van der Waals surface area contributed by atoms with Gasteiger partial charge in [-0.1, -0.05) is 35.9 Å². The van der Waals surface area contributed by atoms with Crippen LogP contribution in [0.4, 0.5) is 5.69 Å². The molecule has 1 aliphatic heterocycles. The summed E-state index contributed by atoms with van der Waals surface area (Å²) in [6.45, 7) is 1.31. The molecule has 0 spiro atoms. The number of benzene rings is 2. The minimum atomic E-state index is -0.554. The third kappa shape index (κ3) is 1.67. The Bertz CT molecular complexity index is 799. The van der Waals surface area contributed by atoms with E-state index in [2.05, 4.69) is 10.6 Å². The molecule has 0 atom stereocenters. The summed E-state index contributed by atoms with van der Waals surface area (Å²) in [5.41, 5.74) is 0.545. The number of halogens is 1. The Morgan fingerprint density at radius 1 is 1.10 bits per heavy atom. The van der Waals surface area contributed by atoms with E-state index in [1.165, 1.54) is 6.92 Å². The maximum Gasteiger partial charge on any atom is 0.261 e. The van der Waals surface area contributed by atoms with Gasteiger partial charge in [-0.15, -0.1) is 0 Å². The van der Waals surface area contributed by atoms with Crippen molar-refractivity contribution in [1.82, 2.24) is 5.32 Å². The van der Waals surface area contributed by atoms with Crippen LogP contribution in [-0.4, -0.2) is 17.7 Å². The quantitative estimate of drug-likeness (QED) is 0.791. The highest BCUT2D eigenvalue weighted by atomic mass is 35.5. The topological polar surface area (TPSA) is 75.3 Å². The van der Waals surface area contributed by atoms with E-state index in [-0.39, 0.29) is 27.7 Å². The lowest BCUT2D eigenvalue weighted by molar-refractivity contribution is -0.114. The number of hydrogen-bond acceptors (Lipinski definition) is 3. The highest BCUT2D eigenvalue weighted by Crippen LogP contribution is 2.39. The van der Waals surface area contributed by atoms with Crippen LogP contribution in [0.15, 0.2) is 24.3 Å². The van der Waals surface area contributed by atoms with E-state index in [1.54, 1.807) is 24.3 Å². The average molecular weight is 289 g/mol. The predicted molar refractivity (Wildman–Crippen MR) is 75.1 cm³/mol. The Labute approximate surface area is 118 Å². The highest BCUT2D eigenvalue weighted by Gasteiger charge is 2.34. The molecular formula is C14H9ClN2O3. The first-order valence-corrected chi connectivity index (χ1v) is 6.26. The van der Waals surface area contributed by atoms with Crippen molar-refractivity contribution in [2.24, 2.45) is 0 Å². The van der Waals surface area contributed by atoms with Gasteiger partial charge < -0.3 is 5.32 Å². The third-order valence-electron chi connectivity index (χ3n) is 3.13. The second-order valence-electron chi connectivity index (χ2n) is 4.45. The van der Waals surface area contributed by atoms with Crippen molar-refractivity contribution < 1.29 is 14.4 Å². The van der Waals surface area contributed by atoms with Gasteiger partial charge in [0.25, 0.3) is 11.8 Å². The van der Waals surface area contributed by atoms with Crippen LogP contribution in [0.3, 0.4) is 0 Å². The summed E-state index contributed by atoms with van der Waals surface area (Å²) in [5.74, 6) is -1.40. The summed E-state index contributed by atoms with van der Waals surface area (Å²) in [4.78, 5) is 35.2. The molecule has 20 heavy (non-hydrogen) atoms. The standard InChI is InChI=1S/C14H9ClN2O3/c1-6(18)16-12-10-9(13(19)17-14(10)20)7-4-2-3-5-8(7)11(12)15/h2-5H,1H3,(H,16,18)(H,17,19,20). The lowest BCUT2D eigenvalue weighted by Gasteiger charge is -2.12. The molecule has 1 aliphatic rings. The van der Waals surface area contributed by atoms with Crippen LogP contribution >= 0.6 is 11.6 Å². The SMILES string of the molecule is CC(=O)Nc1c2c(c3ccccc3c1Cl)C(=O)NC2=O. The number of nitrogens with one attached hydrogen (secondary N) is 2. The first kappa shape index (κ1) is 12.6. The highest BCUT2D eigenvalue weighted by molar-refractivity contribution is 6.42. The maximum absolute atomic E-state index is 12.0. The van der Waals surface area contributed by atoms with Gasteiger partial charge in [-0.25, -0.2) is 0 Å². The molecular weight excluding hydrogens is 280 g/mol. The van der Waals surface area contributed by atoms with Crippen LogP contribution in [-0.2, 0) is 4.79 Å². The van der Waals surface area contributed by atoms with Crippen molar-refractivity contribution in [3.63, 3.8) is 0 Å². The van der Waals surface area contributed by atoms with E-state index in [0.29, 0.717) is 10.8 Å². The minimum absolute atomic E-state index is 0.119. The smallest absolute Gasteiger partial charge is 0.261 e. The Hall–Kier alpha value is -2.40. The fraction of sp³-hybridized carbons (Fsp3) is 0.0714. The Morgan fingerprint density at radius 3 is 2.35 bits per heavy atom. The van der Waals surface area contributed by atoms with Crippen molar-refractivity contribution in [2.45, 2.75) is 6.92 Å². The van der Waals surface area contributed by atoms with Crippen molar-refractivity contribution in [3.05, 3.63) is 40.4 Å². The Kier molecular flexibility index (Phi) is 2.72. The molecule has 3 rings (SSSR count). The molecule has 2 aromatic rings. The van der Waals surface area contributed by atoms with Crippen LogP contribution in [0.2, 0.25) is 5.02 Å². The molecule has 6 heteroatoms. The van der Waals surface area contributed by atoms with Gasteiger partial charge in [0.1, 0.15) is 0 Å². The number of fused-ring (bicyclic) bond motifs is 3. The maximum atomic E-state index is 12.0. The zero-order valence-electron chi connectivity index (χ0n) is 10.4. The van der Waals surface area contributed by atoms with Crippen molar-refractivity contribution in [2.75, 3.05) is 5.32 Å². The fourth-order valence-corrected chi connectivity index (χ4v) is 2.69. The van der Waals surface area contributed by atoms with Gasteiger partial charge in [0.05, 0.1) is 21.8 Å². The van der Waals surface area contributed by atoms with Crippen LogP contribution in [0.5, 0.6) is 0 Å². The number of hydrogen-bond donors (Lipinski definition) is 2. The summed E-state index contributed by atoms with van der Waals surface area (Å²) in [7, 11) is 0. The third-order valence-corrected chi connectivity index (χ3v) is 3.53. The first-order valence-electron chi connectivity index (χ1n) is 5.88. The van der Waals surface area contributed by atoms with E-state index >= 15 is 0 Å². The largest absolute Gasteiger partial charge is 0.324 e. The molecule has 0 unspecified atom stereocenters. The number of amides is 3. The first-order chi connectivity index (χ1) is 9.50. The molecule has 0 aliphatic carbocycles. The summed E-state index contributed by atoms with van der Waals surface area (Å²) >= 11 is 6.28. The normalized spacial score (nSPS) is 13.3. The van der Waals surface area contributed by atoms with Crippen LogP contribution < -0.4 is 10.6 Å². The minimum Gasteiger partial charge on any atom is -0.324 e. The molecule has 5 nitrogen and oxygen atoms in total. The molecule has 0 radical (unpaired) electrons. The molecule has 3 amide bonds. The summed E-state index contributed by atoms with van der Waals surface area (Å²) in [6, 6.07) is 6.98. The van der Waals surface area contributed by atoms with Crippen molar-refractivity contribution >= 4 is 45.8 Å². The van der Waals surface area contributed by atoms with Gasteiger partial charge in [-0.05, 0) is 5.39 Å². The second kappa shape index (κ2) is 4.31. The summed E-state index contributed by atoms with van der Waals surface area (Å²) < 4.78 is 0. The molecule has 100 valence electrons. The number of rotatable bonds is 1. The lowest BCUT2D eigenvalue weighted by Crippen LogP contribution is -2.20. The van der Waals surface area contributed by atoms with Gasteiger partial charge in [0, 0.05) is 12.3 Å². The zero-order valence-corrected chi connectivity index (χ0v) is 11.2. The molecule has 0 fully saturated rings. The Balaban J connectivity index is 2.48. The van der Waals surface area contributed by atoms with E-state index in [9.17, 15) is 14.4 Å². The number of anilines is 1. The zero-order chi connectivity index (χ0) is 14.4. The summed E-state index contributed by atoms with van der Waals surface area (Å²) in [5, 5.41) is 6.21. The van der Waals surface area contributed by atoms with Crippen molar-refractivity contribution in [3.8, 4) is 0 Å². The molecule has 0 saturated carbocycles. The predicted octanol–water partition coefficient (Wildman–Crippen LogP) is 2.34. The van der Waals surface area contributed by atoms with Gasteiger partial charge in [-0.3, -0.25) is 19.7 Å². The van der Waals surface area contributed by atoms with Gasteiger partial charge in [0.2, 0.25) is 5.91 Å². The molecule has 0 aromatic heterocycles. The Morgan fingerprint density at radius 2 is 1.70 bits per heavy atom. The molecule has 2 N–H and O–H groups in total. The molecule has 2 aromatic carbocycles. The second-order valence-corrected chi connectivity index (χ2v) is 4.83. The van der Waals surface area contributed by atoms with Crippen LogP contribution in [0, 0.1) is 0 Å². The lowest BCUT2D eigenvalue weighted by atomic mass is 9.98.